The highest BCUT2D eigenvalue weighted by Crippen LogP contribution is 2.36. The van der Waals surface area contributed by atoms with Gasteiger partial charge in [-0.1, -0.05) is 48.5 Å². The van der Waals surface area contributed by atoms with Gasteiger partial charge in [0.05, 0.1) is 12.0 Å². The Bertz CT molecular complexity index is 1010. The zero-order chi connectivity index (χ0) is 17.4. The molecule has 0 unspecified atom stereocenters. The highest BCUT2D eigenvalue weighted by Gasteiger charge is 2.23. The lowest BCUT2D eigenvalue weighted by molar-refractivity contribution is -0.120. The van der Waals surface area contributed by atoms with Crippen molar-refractivity contribution in [1.82, 2.24) is 9.55 Å². The number of imidazole rings is 1. The Morgan fingerprint density at radius 2 is 1.84 bits per heavy atom. The number of fused-ring (bicyclic) bond motifs is 1. The first-order chi connectivity index (χ1) is 12.1. The molecule has 2 aromatic heterocycles. The molecule has 0 spiro atoms. The number of hydrogen-bond acceptors (Lipinski definition) is 3. The van der Waals surface area contributed by atoms with Crippen LogP contribution >= 0.6 is 0 Å². The largest absolute Gasteiger partial charge is 0.454 e. The normalized spacial score (nSPS) is 12.4. The quantitative estimate of drug-likeness (QED) is 0.614. The average Bonchev–Trinajstić information content (AvgIpc) is 3.25. The lowest BCUT2D eigenvalue weighted by atomic mass is 10.1. The molecule has 1 atom stereocenters. The fourth-order valence-corrected chi connectivity index (χ4v) is 2.94. The van der Waals surface area contributed by atoms with Gasteiger partial charge in [-0.2, -0.15) is 0 Å². The SMILES string of the molecule is C[C@H](C(N)=O)n1cnc(-c2ccccc2)c1-c1cc2ccccc2o1. The van der Waals surface area contributed by atoms with Gasteiger partial charge in [0.1, 0.15) is 17.3 Å². The van der Waals surface area contributed by atoms with E-state index in [-0.39, 0.29) is 0 Å². The van der Waals surface area contributed by atoms with E-state index < -0.39 is 11.9 Å². The second-order valence-electron chi connectivity index (χ2n) is 5.94. The van der Waals surface area contributed by atoms with Crippen molar-refractivity contribution in [2.24, 2.45) is 5.73 Å². The third-order valence-corrected chi connectivity index (χ3v) is 4.33. The predicted molar refractivity (Wildman–Crippen MR) is 96.8 cm³/mol. The van der Waals surface area contributed by atoms with Gasteiger partial charge in [-0.15, -0.1) is 0 Å². The van der Waals surface area contributed by atoms with Gasteiger partial charge >= 0.3 is 0 Å². The van der Waals surface area contributed by atoms with Gasteiger partial charge in [-0.25, -0.2) is 4.98 Å². The molecular weight excluding hydrogens is 314 g/mol. The predicted octanol–water partition coefficient (Wildman–Crippen LogP) is 4.01. The highest BCUT2D eigenvalue weighted by atomic mass is 16.3. The monoisotopic (exact) mass is 331 g/mol. The van der Waals surface area contributed by atoms with E-state index in [2.05, 4.69) is 4.98 Å². The van der Waals surface area contributed by atoms with E-state index >= 15 is 0 Å². The first-order valence-electron chi connectivity index (χ1n) is 8.05. The Morgan fingerprint density at radius 3 is 2.56 bits per heavy atom. The summed E-state index contributed by atoms with van der Waals surface area (Å²) in [5.41, 5.74) is 8.76. The van der Waals surface area contributed by atoms with E-state index in [1.54, 1.807) is 17.8 Å². The number of rotatable bonds is 4. The molecule has 0 aliphatic rings. The molecule has 0 radical (unpaired) electrons. The van der Waals surface area contributed by atoms with Crippen molar-refractivity contribution in [1.29, 1.82) is 0 Å². The number of benzene rings is 2. The van der Waals surface area contributed by atoms with Gasteiger partial charge in [0.2, 0.25) is 5.91 Å². The van der Waals surface area contributed by atoms with Crippen molar-refractivity contribution in [3.63, 3.8) is 0 Å². The van der Waals surface area contributed by atoms with Crippen molar-refractivity contribution in [2.75, 3.05) is 0 Å². The molecule has 0 fully saturated rings. The van der Waals surface area contributed by atoms with Crippen LogP contribution in [0.1, 0.15) is 13.0 Å². The molecule has 2 N–H and O–H groups in total. The van der Waals surface area contributed by atoms with E-state index in [0.717, 1.165) is 27.9 Å². The van der Waals surface area contributed by atoms with Crippen LogP contribution < -0.4 is 5.73 Å². The van der Waals surface area contributed by atoms with Crippen LogP contribution in [0.25, 0.3) is 33.7 Å². The van der Waals surface area contributed by atoms with Crippen LogP contribution in [-0.2, 0) is 4.79 Å². The second-order valence-corrected chi connectivity index (χ2v) is 5.94. The van der Waals surface area contributed by atoms with Crippen LogP contribution in [0, 0.1) is 0 Å². The van der Waals surface area contributed by atoms with Crippen molar-refractivity contribution in [2.45, 2.75) is 13.0 Å². The van der Waals surface area contributed by atoms with Crippen molar-refractivity contribution in [3.05, 3.63) is 67.0 Å². The third kappa shape index (κ3) is 2.59. The van der Waals surface area contributed by atoms with Crippen LogP contribution in [0.4, 0.5) is 0 Å². The molecule has 4 aromatic rings. The van der Waals surface area contributed by atoms with Crippen molar-refractivity contribution >= 4 is 16.9 Å². The number of nitrogens with zero attached hydrogens (tertiary/aromatic N) is 2. The van der Waals surface area contributed by atoms with Crippen LogP contribution in [0.2, 0.25) is 0 Å². The number of hydrogen-bond donors (Lipinski definition) is 1. The lowest BCUT2D eigenvalue weighted by Gasteiger charge is -2.13. The summed E-state index contributed by atoms with van der Waals surface area (Å²) in [7, 11) is 0. The Labute approximate surface area is 144 Å². The molecule has 2 aromatic carbocycles. The maximum atomic E-state index is 11.7. The van der Waals surface area contributed by atoms with Crippen LogP contribution in [-0.4, -0.2) is 15.5 Å². The molecule has 0 bridgehead atoms. The number of para-hydroxylation sites is 1. The Balaban J connectivity index is 1.97. The number of amides is 1. The summed E-state index contributed by atoms with van der Waals surface area (Å²) in [4.78, 5) is 16.3. The molecule has 124 valence electrons. The molecule has 5 nitrogen and oxygen atoms in total. The molecule has 0 saturated heterocycles. The summed E-state index contributed by atoms with van der Waals surface area (Å²) in [5, 5.41) is 0.996. The first kappa shape index (κ1) is 15.2. The first-order valence-corrected chi connectivity index (χ1v) is 8.05. The Kier molecular flexibility index (Phi) is 3.61. The van der Waals surface area contributed by atoms with E-state index in [0.29, 0.717) is 5.76 Å². The fraction of sp³-hybridized carbons (Fsp3) is 0.100. The fourth-order valence-electron chi connectivity index (χ4n) is 2.94. The standard InChI is InChI=1S/C20H17N3O2/c1-13(20(21)24)23-12-22-18(14-7-3-2-4-8-14)19(23)17-11-15-9-5-6-10-16(15)25-17/h2-13H,1H3,(H2,21,24)/t13-/m1/s1. The smallest absolute Gasteiger partial charge is 0.240 e. The number of carbonyl (C=O) groups excluding carboxylic acids is 1. The molecule has 0 saturated carbocycles. The van der Waals surface area contributed by atoms with Crippen molar-refractivity contribution < 1.29 is 9.21 Å². The Morgan fingerprint density at radius 1 is 1.12 bits per heavy atom. The molecule has 5 heteroatoms. The maximum absolute atomic E-state index is 11.7. The molecule has 25 heavy (non-hydrogen) atoms. The summed E-state index contributed by atoms with van der Waals surface area (Å²) in [6.45, 7) is 1.75. The van der Waals surface area contributed by atoms with Gasteiger partial charge in [0.15, 0.2) is 5.76 Å². The third-order valence-electron chi connectivity index (χ3n) is 4.33. The van der Waals surface area contributed by atoms with E-state index in [4.69, 9.17) is 10.2 Å². The van der Waals surface area contributed by atoms with Crippen LogP contribution in [0.3, 0.4) is 0 Å². The Hall–Kier alpha value is -3.34. The molecule has 1 amide bonds. The summed E-state index contributed by atoms with van der Waals surface area (Å²) in [6.07, 6.45) is 1.64. The van der Waals surface area contributed by atoms with Gasteiger partial charge in [-0.3, -0.25) is 4.79 Å². The number of aromatic nitrogens is 2. The van der Waals surface area contributed by atoms with E-state index in [1.165, 1.54) is 0 Å². The molecule has 4 rings (SSSR count). The van der Waals surface area contributed by atoms with E-state index in [1.807, 2.05) is 60.7 Å². The minimum Gasteiger partial charge on any atom is -0.454 e. The summed E-state index contributed by atoms with van der Waals surface area (Å²) < 4.78 is 7.80. The number of nitrogens with two attached hydrogens (primary N) is 1. The number of primary amides is 1. The summed E-state index contributed by atoms with van der Waals surface area (Å²) >= 11 is 0. The van der Waals surface area contributed by atoms with Crippen molar-refractivity contribution in [3.8, 4) is 22.7 Å². The minimum atomic E-state index is -0.534. The van der Waals surface area contributed by atoms with Gasteiger partial charge < -0.3 is 14.7 Å². The zero-order valence-electron chi connectivity index (χ0n) is 13.7. The summed E-state index contributed by atoms with van der Waals surface area (Å²) in [6, 6.07) is 19.0. The lowest BCUT2D eigenvalue weighted by Crippen LogP contribution is -2.24. The zero-order valence-corrected chi connectivity index (χ0v) is 13.7. The molecule has 0 aliphatic heterocycles. The number of carbonyl (C=O) groups is 1. The second kappa shape index (κ2) is 5.94. The molecule has 0 aliphatic carbocycles. The molecular formula is C20H17N3O2. The highest BCUT2D eigenvalue weighted by molar-refractivity contribution is 5.87. The van der Waals surface area contributed by atoms with Crippen LogP contribution in [0.5, 0.6) is 0 Å². The topological polar surface area (TPSA) is 74.1 Å². The van der Waals surface area contributed by atoms with Crippen LogP contribution in [0.15, 0.2) is 71.4 Å². The molecule has 2 heterocycles. The minimum absolute atomic E-state index is 0.422. The summed E-state index contributed by atoms with van der Waals surface area (Å²) in [5.74, 6) is 0.236. The van der Waals surface area contributed by atoms with Gasteiger partial charge in [0.25, 0.3) is 0 Å². The average molecular weight is 331 g/mol. The number of furan rings is 1. The van der Waals surface area contributed by atoms with Gasteiger partial charge in [-0.05, 0) is 19.1 Å². The maximum Gasteiger partial charge on any atom is 0.240 e. The van der Waals surface area contributed by atoms with E-state index in [9.17, 15) is 4.79 Å². The van der Waals surface area contributed by atoms with Gasteiger partial charge in [0, 0.05) is 10.9 Å².